The molecular weight excluding hydrogens is 380 g/mol. The van der Waals surface area contributed by atoms with Crippen LogP contribution in [-0.4, -0.2) is 37.6 Å². The van der Waals surface area contributed by atoms with E-state index in [0.717, 1.165) is 40.2 Å². The molecule has 0 spiro atoms. The average Bonchev–Trinajstić information content (AvgIpc) is 3.37. The second kappa shape index (κ2) is 8.36. The zero-order chi connectivity index (χ0) is 21.1. The van der Waals surface area contributed by atoms with Crippen molar-refractivity contribution in [3.05, 3.63) is 60.2 Å². The van der Waals surface area contributed by atoms with Gasteiger partial charge < -0.3 is 10.1 Å². The average molecular weight is 404 g/mol. The quantitative estimate of drug-likeness (QED) is 0.512. The van der Waals surface area contributed by atoms with Gasteiger partial charge in [0.05, 0.1) is 25.0 Å². The van der Waals surface area contributed by atoms with Gasteiger partial charge in [-0.3, -0.25) is 9.48 Å². The number of ether oxygens (including phenoxy) is 1. The number of pyridine rings is 1. The van der Waals surface area contributed by atoms with Crippen LogP contribution in [0.5, 0.6) is 5.75 Å². The van der Waals surface area contributed by atoms with Crippen molar-refractivity contribution in [2.45, 2.75) is 33.5 Å². The summed E-state index contributed by atoms with van der Waals surface area (Å²) in [5.41, 5.74) is 4.41. The zero-order valence-electron chi connectivity index (χ0n) is 17.3. The molecular formula is C22H24N6O2. The van der Waals surface area contributed by atoms with Crippen LogP contribution in [0.15, 0.2) is 48.8 Å². The van der Waals surface area contributed by atoms with Gasteiger partial charge in [-0.1, -0.05) is 12.1 Å². The summed E-state index contributed by atoms with van der Waals surface area (Å²) in [6.07, 6.45) is 3.64. The van der Waals surface area contributed by atoms with E-state index in [-0.39, 0.29) is 12.5 Å². The monoisotopic (exact) mass is 404 g/mol. The predicted octanol–water partition coefficient (Wildman–Crippen LogP) is 2.95. The Balaban J connectivity index is 1.55. The van der Waals surface area contributed by atoms with Crippen LogP contribution < -0.4 is 10.1 Å². The van der Waals surface area contributed by atoms with Crippen molar-refractivity contribution in [2.24, 2.45) is 0 Å². The maximum Gasteiger partial charge on any atom is 0.242 e. The number of carbonyl (C=O) groups excluding carboxylic acids is 1. The van der Waals surface area contributed by atoms with Crippen LogP contribution in [0.2, 0.25) is 0 Å². The summed E-state index contributed by atoms with van der Waals surface area (Å²) in [5, 5.41) is 12.8. The van der Waals surface area contributed by atoms with Crippen LogP contribution in [0, 0.1) is 6.92 Å². The van der Waals surface area contributed by atoms with E-state index in [1.807, 2.05) is 61.1 Å². The Bertz CT molecular complexity index is 1180. The lowest BCUT2D eigenvalue weighted by Crippen LogP contribution is -2.27. The molecule has 0 atom stereocenters. The van der Waals surface area contributed by atoms with Crippen LogP contribution in [0.4, 0.5) is 0 Å². The molecule has 1 aromatic carbocycles. The fourth-order valence-corrected chi connectivity index (χ4v) is 3.46. The fraction of sp³-hybridized carbons (Fsp3) is 0.273. The van der Waals surface area contributed by atoms with Crippen LogP contribution in [-0.2, 0) is 24.4 Å². The summed E-state index contributed by atoms with van der Waals surface area (Å²) in [4.78, 5) is 17.0. The maximum absolute atomic E-state index is 12.5. The van der Waals surface area contributed by atoms with Gasteiger partial charge in [0, 0.05) is 24.3 Å². The Hall–Kier alpha value is -3.68. The number of hydrogen-bond acceptors (Lipinski definition) is 5. The Labute approximate surface area is 174 Å². The number of aromatic nitrogens is 5. The second-order valence-electron chi connectivity index (χ2n) is 6.97. The highest BCUT2D eigenvalue weighted by molar-refractivity contribution is 5.95. The number of fused-ring (bicyclic) bond motifs is 1. The van der Waals surface area contributed by atoms with Gasteiger partial charge in [0.15, 0.2) is 5.65 Å². The van der Waals surface area contributed by atoms with E-state index in [9.17, 15) is 4.79 Å². The minimum atomic E-state index is -0.137. The molecule has 3 aromatic heterocycles. The van der Waals surface area contributed by atoms with Crippen LogP contribution in [0.1, 0.15) is 18.3 Å². The first-order valence-corrected chi connectivity index (χ1v) is 9.84. The first-order valence-electron chi connectivity index (χ1n) is 9.84. The normalized spacial score (nSPS) is 11.0. The SMILES string of the molecule is CCn1ccc(CNC(=O)Cn2nc(C)c3c(-c4ccc(OC)cc4)ccnc32)n1. The third-order valence-corrected chi connectivity index (χ3v) is 4.99. The number of aryl methyl sites for hydroxylation is 2. The van der Waals surface area contributed by atoms with Crippen LogP contribution in [0.25, 0.3) is 22.2 Å². The van der Waals surface area contributed by atoms with E-state index >= 15 is 0 Å². The molecule has 8 heteroatoms. The molecule has 1 amide bonds. The first kappa shape index (κ1) is 19.6. The van der Waals surface area contributed by atoms with Crippen LogP contribution >= 0.6 is 0 Å². The molecule has 1 N–H and O–H groups in total. The summed E-state index contributed by atoms with van der Waals surface area (Å²) in [6, 6.07) is 11.7. The molecule has 0 unspecified atom stereocenters. The smallest absolute Gasteiger partial charge is 0.242 e. The summed E-state index contributed by atoms with van der Waals surface area (Å²) < 4.78 is 8.73. The van der Waals surface area contributed by atoms with E-state index in [2.05, 4.69) is 20.5 Å². The number of methoxy groups -OCH3 is 1. The molecule has 8 nitrogen and oxygen atoms in total. The lowest BCUT2D eigenvalue weighted by molar-refractivity contribution is -0.121. The topological polar surface area (TPSA) is 86.9 Å². The Kier molecular flexibility index (Phi) is 5.47. The fourth-order valence-electron chi connectivity index (χ4n) is 3.46. The molecule has 30 heavy (non-hydrogen) atoms. The van der Waals surface area contributed by atoms with Crippen molar-refractivity contribution in [3.8, 4) is 16.9 Å². The molecule has 0 saturated carbocycles. The van der Waals surface area contributed by atoms with Crippen molar-refractivity contribution in [1.82, 2.24) is 29.9 Å². The molecule has 0 saturated heterocycles. The molecule has 0 fully saturated rings. The molecule has 4 rings (SSSR count). The van der Waals surface area contributed by atoms with Gasteiger partial charge in [0.1, 0.15) is 12.3 Å². The van der Waals surface area contributed by atoms with Gasteiger partial charge in [-0.15, -0.1) is 0 Å². The van der Waals surface area contributed by atoms with Gasteiger partial charge in [0.25, 0.3) is 0 Å². The minimum absolute atomic E-state index is 0.0951. The second-order valence-corrected chi connectivity index (χ2v) is 6.97. The molecule has 0 radical (unpaired) electrons. The van der Waals surface area contributed by atoms with Gasteiger partial charge in [-0.25, -0.2) is 9.67 Å². The summed E-state index contributed by atoms with van der Waals surface area (Å²) >= 11 is 0. The van der Waals surface area contributed by atoms with E-state index in [4.69, 9.17) is 4.74 Å². The van der Waals surface area contributed by atoms with Crippen molar-refractivity contribution < 1.29 is 9.53 Å². The van der Waals surface area contributed by atoms with E-state index in [0.29, 0.717) is 12.2 Å². The number of carbonyl (C=O) groups is 1. The highest BCUT2D eigenvalue weighted by Gasteiger charge is 2.16. The molecule has 0 bridgehead atoms. The van der Waals surface area contributed by atoms with Gasteiger partial charge in [0.2, 0.25) is 5.91 Å². The molecule has 3 heterocycles. The third kappa shape index (κ3) is 3.89. The summed E-state index contributed by atoms with van der Waals surface area (Å²) in [5.74, 6) is 0.666. The van der Waals surface area contributed by atoms with Crippen LogP contribution in [0.3, 0.4) is 0 Å². The number of rotatable bonds is 7. The Morgan fingerprint density at radius 1 is 1.13 bits per heavy atom. The minimum Gasteiger partial charge on any atom is -0.497 e. The van der Waals surface area contributed by atoms with E-state index < -0.39 is 0 Å². The number of nitrogens with one attached hydrogen (secondary N) is 1. The number of hydrogen-bond donors (Lipinski definition) is 1. The number of nitrogens with zero attached hydrogens (tertiary/aromatic N) is 5. The molecule has 4 aromatic rings. The molecule has 0 aliphatic carbocycles. The zero-order valence-corrected chi connectivity index (χ0v) is 17.3. The van der Waals surface area contributed by atoms with E-state index in [1.54, 1.807) is 18.0 Å². The van der Waals surface area contributed by atoms with E-state index in [1.165, 1.54) is 0 Å². The van der Waals surface area contributed by atoms with Crippen molar-refractivity contribution in [2.75, 3.05) is 7.11 Å². The summed E-state index contributed by atoms with van der Waals surface area (Å²) in [6.45, 7) is 5.23. The standard InChI is InChI=1S/C22H24N6O2/c1-4-27-12-10-17(26-27)13-24-20(29)14-28-22-21(15(2)25-28)19(9-11-23-22)16-5-7-18(30-3)8-6-16/h5-12H,4,13-14H2,1-3H3,(H,24,29). The van der Waals surface area contributed by atoms with Gasteiger partial charge in [-0.2, -0.15) is 10.2 Å². The van der Waals surface area contributed by atoms with Crippen molar-refractivity contribution in [1.29, 1.82) is 0 Å². The number of benzene rings is 1. The molecule has 0 aliphatic rings. The molecule has 154 valence electrons. The maximum atomic E-state index is 12.5. The molecule has 0 aliphatic heterocycles. The number of amides is 1. The van der Waals surface area contributed by atoms with Crippen molar-refractivity contribution in [3.63, 3.8) is 0 Å². The summed E-state index contributed by atoms with van der Waals surface area (Å²) in [7, 11) is 1.65. The highest BCUT2D eigenvalue weighted by atomic mass is 16.5. The lowest BCUT2D eigenvalue weighted by Gasteiger charge is -2.07. The predicted molar refractivity (Wildman–Crippen MR) is 114 cm³/mol. The van der Waals surface area contributed by atoms with Crippen molar-refractivity contribution >= 4 is 16.9 Å². The van der Waals surface area contributed by atoms with Gasteiger partial charge >= 0.3 is 0 Å². The largest absolute Gasteiger partial charge is 0.497 e. The Morgan fingerprint density at radius 2 is 1.93 bits per heavy atom. The first-order chi connectivity index (χ1) is 14.6. The van der Waals surface area contributed by atoms with Gasteiger partial charge in [-0.05, 0) is 49.2 Å². The third-order valence-electron chi connectivity index (χ3n) is 4.99. The Morgan fingerprint density at radius 3 is 2.63 bits per heavy atom. The highest BCUT2D eigenvalue weighted by Crippen LogP contribution is 2.30. The lowest BCUT2D eigenvalue weighted by atomic mass is 10.0.